The topological polar surface area (TPSA) is 56.1 Å². The van der Waals surface area contributed by atoms with Crippen LogP contribution in [0.3, 0.4) is 0 Å². The second-order valence-corrected chi connectivity index (χ2v) is 6.73. The molecule has 2 aromatic rings. The van der Waals surface area contributed by atoms with Crippen LogP contribution in [0, 0.1) is 13.8 Å². The zero-order valence-electron chi connectivity index (χ0n) is 13.8. The highest BCUT2D eigenvalue weighted by Crippen LogP contribution is 2.34. The van der Waals surface area contributed by atoms with Gasteiger partial charge in [0.1, 0.15) is 0 Å². The molecule has 122 valence electrons. The van der Waals surface area contributed by atoms with Gasteiger partial charge >= 0.3 is 0 Å². The molecule has 1 aliphatic carbocycles. The molecule has 6 nitrogen and oxygen atoms in total. The standard InChI is InChI=1S/C17H23N5O/c1-12-3-6-15(13(2)9-12)16-10-21(7-8-23-16)11-17-18-19-20-22(17)14-4-5-14/h3,6,9,14,16H,4-5,7-8,10-11H2,1-2H3/t16-/m0/s1. The van der Waals surface area contributed by atoms with Gasteiger partial charge in [0, 0.05) is 13.1 Å². The Kier molecular flexibility index (Phi) is 3.87. The molecule has 23 heavy (non-hydrogen) atoms. The third kappa shape index (κ3) is 3.14. The number of morpholine rings is 1. The summed E-state index contributed by atoms with van der Waals surface area (Å²) in [6.45, 7) is 7.67. The first-order valence-electron chi connectivity index (χ1n) is 8.38. The highest BCUT2D eigenvalue weighted by molar-refractivity contribution is 5.32. The molecule has 1 aliphatic heterocycles. The molecular weight excluding hydrogens is 290 g/mol. The molecule has 1 aromatic heterocycles. The number of tetrazole rings is 1. The molecule has 0 spiro atoms. The van der Waals surface area contributed by atoms with Crippen LogP contribution >= 0.6 is 0 Å². The highest BCUT2D eigenvalue weighted by atomic mass is 16.5. The van der Waals surface area contributed by atoms with E-state index in [9.17, 15) is 0 Å². The van der Waals surface area contributed by atoms with Crippen LogP contribution in [-0.4, -0.2) is 44.8 Å². The van der Waals surface area contributed by atoms with Crippen LogP contribution in [0.25, 0.3) is 0 Å². The third-order valence-electron chi connectivity index (χ3n) is 4.74. The molecule has 1 aromatic carbocycles. The van der Waals surface area contributed by atoms with E-state index >= 15 is 0 Å². The largest absolute Gasteiger partial charge is 0.371 e. The summed E-state index contributed by atoms with van der Waals surface area (Å²) in [6, 6.07) is 7.12. The van der Waals surface area contributed by atoms with E-state index in [-0.39, 0.29) is 6.10 Å². The Morgan fingerprint density at radius 3 is 2.91 bits per heavy atom. The van der Waals surface area contributed by atoms with Crippen molar-refractivity contribution < 1.29 is 4.74 Å². The van der Waals surface area contributed by atoms with Crippen molar-refractivity contribution >= 4 is 0 Å². The van der Waals surface area contributed by atoms with E-state index in [1.54, 1.807) is 0 Å². The maximum absolute atomic E-state index is 6.02. The number of ether oxygens (including phenoxy) is 1. The predicted molar refractivity (Wildman–Crippen MR) is 86.0 cm³/mol. The SMILES string of the molecule is Cc1ccc([C@@H]2CN(Cc3nnnn3C3CC3)CCO2)c(C)c1. The van der Waals surface area contributed by atoms with Gasteiger partial charge in [-0.25, -0.2) is 4.68 Å². The van der Waals surface area contributed by atoms with Crippen LogP contribution < -0.4 is 0 Å². The van der Waals surface area contributed by atoms with Gasteiger partial charge in [-0.05, 0) is 48.2 Å². The van der Waals surface area contributed by atoms with E-state index < -0.39 is 0 Å². The van der Waals surface area contributed by atoms with E-state index in [0.29, 0.717) is 6.04 Å². The highest BCUT2D eigenvalue weighted by Gasteiger charge is 2.30. The van der Waals surface area contributed by atoms with Gasteiger partial charge in [0.25, 0.3) is 0 Å². The molecule has 0 amide bonds. The van der Waals surface area contributed by atoms with Crippen molar-refractivity contribution in [3.63, 3.8) is 0 Å². The minimum atomic E-state index is 0.134. The second kappa shape index (κ2) is 6.02. The monoisotopic (exact) mass is 313 g/mol. The van der Waals surface area contributed by atoms with Crippen molar-refractivity contribution in [1.29, 1.82) is 0 Å². The summed E-state index contributed by atoms with van der Waals surface area (Å²) in [7, 11) is 0. The fourth-order valence-electron chi connectivity index (χ4n) is 3.34. The van der Waals surface area contributed by atoms with Crippen LogP contribution in [0.1, 0.15) is 47.5 Å². The molecule has 1 saturated heterocycles. The number of hydrogen-bond donors (Lipinski definition) is 0. The van der Waals surface area contributed by atoms with Gasteiger partial charge in [0.05, 0.1) is 25.3 Å². The predicted octanol–water partition coefficient (Wildman–Crippen LogP) is 2.20. The zero-order chi connectivity index (χ0) is 15.8. The van der Waals surface area contributed by atoms with Crippen LogP contribution in [0.5, 0.6) is 0 Å². The smallest absolute Gasteiger partial charge is 0.165 e. The summed E-state index contributed by atoms with van der Waals surface area (Å²) >= 11 is 0. The summed E-state index contributed by atoms with van der Waals surface area (Å²) < 4.78 is 8.03. The van der Waals surface area contributed by atoms with Crippen molar-refractivity contribution in [3.05, 3.63) is 40.7 Å². The third-order valence-corrected chi connectivity index (χ3v) is 4.74. The first kappa shape index (κ1) is 14.8. The van der Waals surface area contributed by atoms with Crippen LogP contribution in [0.4, 0.5) is 0 Å². The Morgan fingerprint density at radius 2 is 2.13 bits per heavy atom. The molecule has 0 bridgehead atoms. The minimum absolute atomic E-state index is 0.134. The average Bonchev–Trinajstić information content (AvgIpc) is 3.28. The maximum atomic E-state index is 6.02. The van der Waals surface area contributed by atoms with Gasteiger partial charge in [-0.15, -0.1) is 5.10 Å². The number of rotatable bonds is 4. The molecule has 0 radical (unpaired) electrons. The Labute approximate surface area is 136 Å². The molecule has 0 N–H and O–H groups in total. The Balaban J connectivity index is 1.47. The van der Waals surface area contributed by atoms with Gasteiger partial charge < -0.3 is 4.74 Å². The lowest BCUT2D eigenvalue weighted by Gasteiger charge is -2.33. The summed E-state index contributed by atoms with van der Waals surface area (Å²) in [6.07, 6.45) is 2.54. The molecule has 0 unspecified atom stereocenters. The van der Waals surface area contributed by atoms with Crippen LogP contribution in [-0.2, 0) is 11.3 Å². The summed E-state index contributed by atoms with van der Waals surface area (Å²) in [5.41, 5.74) is 3.89. The van der Waals surface area contributed by atoms with Crippen molar-refractivity contribution in [1.82, 2.24) is 25.1 Å². The van der Waals surface area contributed by atoms with E-state index in [2.05, 4.69) is 52.5 Å². The van der Waals surface area contributed by atoms with Crippen molar-refractivity contribution in [2.24, 2.45) is 0 Å². The Bertz CT molecular complexity index is 694. The number of nitrogens with zero attached hydrogens (tertiary/aromatic N) is 5. The molecule has 4 rings (SSSR count). The van der Waals surface area contributed by atoms with Crippen LogP contribution in [0.2, 0.25) is 0 Å². The van der Waals surface area contributed by atoms with Gasteiger partial charge in [-0.3, -0.25) is 4.90 Å². The molecular formula is C17H23N5O. The zero-order valence-corrected chi connectivity index (χ0v) is 13.8. The Hall–Kier alpha value is -1.79. The van der Waals surface area contributed by atoms with Crippen molar-refractivity contribution in [2.45, 2.75) is 45.4 Å². The summed E-state index contributed by atoms with van der Waals surface area (Å²) in [4.78, 5) is 2.40. The molecule has 1 atom stereocenters. The van der Waals surface area contributed by atoms with Crippen molar-refractivity contribution in [3.8, 4) is 0 Å². The molecule has 2 heterocycles. The van der Waals surface area contributed by atoms with Gasteiger partial charge in [-0.2, -0.15) is 0 Å². The lowest BCUT2D eigenvalue weighted by atomic mass is 10.00. The van der Waals surface area contributed by atoms with E-state index in [4.69, 9.17) is 4.74 Å². The summed E-state index contributed by atoms with van der Waals surface area (Å²) in [5.74, 6) is 0.980. The lowest BCUT2D eigenvalue weighted by molar-refractivity contribution is -0.0343. The average molecular weight is 313 g/mol. The minimum Gasteiger partial charge on any atom is -0.371 e. The van der Waals surface area contributed by atoms with E-state index in [1.807, 2.05) is 4.68 Å². The fraction of sp³-hybridized carbons (Fsp3) is 0.588. The number of aromatic nitrogens is 4. The van der Waals surface area contributed by atoms with Crippen molar-refractivity contribution in [2.75, 3.05) is 19.7 Å². The molecule has 1 saturated carbocycles. The van der Waals surface area contributed by atoms with Gasteiger partial charge in [-0.1, -0.05) is 23.8 Å². The molecule has 2 aliphatic rings. The van der Waals surface area contributed by atoms with Gasteiger partial charge in [0.15, 0.2) is 5.82 Å². The maximum Gasteiger partial charge on any atom is 0.165 e. The summed E-state index contributed by atoms with van der Waals surface area (Å²) in [5, 5.41) is 12.2. The van der Waals surface area contributed by atoms with E-state index in [1.165, 1.54) is 29.5 Å². The lowest BCUT2D eigenvalue weighted by Crippen LogP contribution is -2.38. The van der Waals surface area contributed by atoms with Gasteiger partial charge in [0.2, 0.25) is 0 Å². The second-order valence-electron chi connectivity index (χ2n) is 6.73. The van der Waals surface area contributed by atoms with E-state index in [0.717, 1.165) is 32.1 Å². The fourth-order valence-corrected chi connectivity index (χ4v) is 3.34. The molecule has 2 fully saturated rings. The Morgan fingerprint density at radius 1 is 1.26 bits per heavy atom. The number of hydrogen-bond acceptors (Lipinski definition) is 5. The molecule has 6 heteroatoms. The van der Waals surface area contributed by atoms with Crippen LogP contribution in [0.15, 0.2) is 18.2 Å². The number of aryl methyl sites for hydroxylation is 2. The quantitative estimate of drug-likeness (QED) is 0.866. The first-order chi connectivity index (χ1) is 11.2. The first-order valence-corrected chi connectivity index (χ1v) is 8.38. The normalized spacial score (nSPS) is 22.4. The number of benzene rings is 1.